The highest BCUT2D eigenvalue weighted by Gasteiger charge is 2.24. The topological polar surface area (TPSA) is 97.0 Å². The molecule has 0 spiro atoms. The Bertz CT molecular complexity index is 604. The van der Waals surface area contributed by atoms with Crippen LogP contribution >= 0.6 is 0 Å². The van der Waals surface area contributed by atoms with Crippen LogP contribution in [-0.2, 0) is 0 Å². The summed E-state index contributed by atoms with van der Waals surface area (Å²) in [6, 6.07) is 3.66. The summed E-state index contributed by atoms with van der Waals surface area (Å²) in [5.41, 5.74) is 6.67. The molecule has 4 N–H and O–H groups in total. The van der Waals surface area contributed by atoms with Crippen molar-refractivity contribution < 1.29 is 5.11 Å². The Morgan fingerprint density at radius 2 is 2.14 bits per heavy atom. The Kier molecular flexibility index (Phi) is 4.90. The van der Waals surface area contributed by atoms with Crippen molar-refractivity contribution in [3.63, 3.8) is 0 Å². The fraction of sp³-hybridized carbons (Fsp3) is 0.533. The zero-order valence-corrected chi connectivity index (χ0v) is 12.6. The minimum absolute atomic E-state index is 0.0228. The predicted octanol–water partition coefficient (Wildman–Crippen LogP) is 2.35. The second kappa shape index (κ2) is 6.67. The molecule has 2 heterocycles. The number of aliphatic hydroxyl groups is 1. The number of nitrogens with zero attached hydrogens (tertiary/aromatic N) is 3. The molecule has 0 radical (unpaired) electrons. The molecule has 2 aromatic heterocycles. The minimum atomic E-state index is -0.444. The van der Waals surface area contributed by atoms with Crippen molar-refractivity contribution in [1.82, 2.24) is 15.0 Å². The summed E-state index contributed by atoms with van der Waals surface area (Å²) in [5.74, 6) is 0.776. The molecule has 0 bridgehead atoms. The number of unbranched alkanes of at least 4 members (excludes halogenated alkanes) is 2. The lowest BCUT2D eigenvalue weighted by Gasteiger charge is -2.29. The van der Waals surface area contributed by atoms with E-state index in [4.69, 9.17) is 5.73 Å². The molecule has 21 heavy (non-hydrogen) atoms. The molecule has 2 aromatic rings. The molecule has 0 aliphatic rings. The van der Waals surface area contributed by atoms with Gasteiger partial charge in [0.05, 0.1) is 17.7 Å². The van der Waals surface area contributed by atoms with Gasteiger partial charge in [-0.1, -0.05) is 26.2 Å². The first kappa shape index (κ1) is 15.4. The van der Waals surface area contributed by atoms with Gasteiger partial charge in [-0.3, -0.25) is 4.98 Å². The first-order valence-corrected chi connectivity index (χ1v) is 7.35. The summed E-state index contributed by atoms with van der Waals surface area (Å²) in [4.78, 5) is 12.7. The number of aromatic nitrogens is 3. The largest absolute Gasteiger partial charge is 0.394 e. The summed E-state index contributed by atoms with van der Waals surface area (Å²) < 4.78 is 0. The van der Waals surface area contributed by atoms with Crippen LogP contribution < -0.4 is 11.1 Å². The minimum Gasteiger partial charge on any atom is -0.394 e. The Morgan fingerprint density at radius 1 is 1.33 bits per heavy atom. The Balaban J connectivity index is 2.28. The van der Waals surface area contributed by atoms with E-state index < -0.39 is 5.54 Å². The fourth-order valence-electron chi connectivity index (χ4n) is 2.30. The van der Waals surface area contributed by atoms with Gasteiger partial charge in [0.2, 0.25) is 5.95 Å². The van der Waals surface area contributed by atoms with Crippen LogP contribution in [0.5, 0.6) is 0 Å². The number of anilines is 2. The predicted molar refractivity (Wildman–Crippen MR) is 85.0 cm³/mol. The maximum Gasteiger partial charge on any atom is 0.222 e. The van der Waals surface area contributed by atoms with Gasteiger partial charge in [0, 0.05) is 6.20 Å². The summed E-state index contributed by atoms with van der Waals surface area (Å²) >= 11 is 0. The van der Waals surface area contributed by atoms with Crippen molar-refractivity contribution in [3.05, 3.63) is 18.3 Å². The maximum atomic E-state index is 9.73. The van der Waals surface area contributed by atoms with E-state index >= 15 is 0 Å². The van der Waals surface area contributed by atoms with Gasteiger partial charge in [0.1, 0.15) is 5.52 Å². The number of rotatable bonds is 7. The normalized spacial score (nSPS) is 14.0. The average Bonchev–Trinajstić information content (AvgIpc) is 2.47. The molecular formula is C15H23N5O. The number of nitrogens with two attached hydrogens (primary N) is 1. The number of aliphatic hydroxyl groups excluding tert-OH is 1. The third-order valence-electron chi connectivity index (χ3n) is 3.57. The fourth-order valence-corrected chi connectivity index (χ4v) is 2.30. The first-order chi connectivity index (χ1) is 10.1. The first-order valence-electron chi connectivity index (χ1n) is 7.35. The van der Waals surface area contributed by atoms with E-state index in [-0.39, 0.29) is 12.6 Å². The van der Waals surface area contributed by atoms with Crippen LogP contribution in [0, 0.1) is 0 Å². The standard InChI is InChI=1S/C15H23N5O/c1-3-4-5-8-15(2,10-21)20-13-12-11(7-6-9-17-12)18-14(16)19-13/h6-7,9,21H,3-5,8,10H2,1-2H3,(H3,16,18,19,20). The van der Waals surface area contributed by atoms with Crippen LogP contribution in [0.15, 0.2) is 18.3 Å². The summed E-state index contributed by atoms with van der Waals surface area (Å²) in [5, 5.41) is 13.0. The van der Waals surface area contributed by atoms with Crippen molar-refractivity contribution in [2.75, 3.05) is 17.7 Å². The van der Waals surface area contributed by atoms with Crippen molar-refractivity contribution in [2.24, 2.45) is 0 Å². The second-order valence-electron chi connectivity index (χ2n) is 5.60. The van der Waals surface area contributed by atoms with Crippen LogP contribution in [0.4, 0.5) is 11.8 Å². The molecule has 0 aromatic carbocycles. The van der Waals surface area contributed by atoms with Crippen molar-refractivity contribution in [3.8, 4) is 0 Å². The molecule has 1 atom stereocenters. The van der Waals surface area contributed by atoms with E-state index in [1.165, 1.54) is 0 Å². The van der Waals surface area contributed by atoms with Gasteiger partial charge in [0.25, 0.3) is 0 Å². The molecule has 0 aliphatic heterocycles. The van der Waals surface area contributed by atoms with Crippen LogP contribution in [0.1, 0.15) is 39.5 Å². The van der Waals surface area contributed by atoms with E-state index in [1.807, 2.05) is 19.1 Å². The molecule has 6 nitrogen and oxygen atoms in total. The van der Waals surface area contributed by atoms with Crippen molar-refractivity contribution in [2.45, 2.75) is 45.1 Å². The highest BCUT2D eigenvalue weighted by atomic mass is 16.3. The van der Waals surface area contributed by atoms with Crippen molar-refractivity contribution in [1.29, 1.82) is 0 Å². The molecule has 0 aliphatic carbocycles. The van der Waals surface area contributed by atoms with E-state index in [2.05, 4.69) is 27.2 Å². The molecule has 0 saturated heterocycles. The lowest BCUT2D eigenvalue weighted by atomic mass is 9.95. The lowest BCUT2D eigenvalue weighted by molar-refractivity contribution is 0.211. The summed E-state index contributed by atoms with van der Waals surface area (Å²) in [6.07, 6.45) is 5.89. The van der Waals surface area contributed by atoms with Crippen LogP contribution in [0.3, 0.4) is 0 Å². The number of fused-ring (bicyclic) bond motifs is 1. The van der Waals surface area contributed by atoms with E-state index in [1.54, 1.807) is 6.20 Å². The zero-order valence-electron chi connectivity index (χ0n) is 12.6. The molecule has 6 heteroatoms. The quantitative estimate of drug-likeness (QED) is 0.677. The third-order valence-corrected chi connectivity index (χ3v) is 3.57. The highest BCUT2D eigenvalue weighted by molar-refractivity contribution is 5.86. The average molecular weight is 289 g/mol. The van der Waals surface area contributed by atoms with E-state index in [0.717, 1.165) is 25.7 Å². The lowest BCUT2D eigenvalue weighted by Crippen LogP contribution is -2.39. The van der Waals surface area contributed by atoms with Gasteiger partial charge in [-0.05, 0) is 25.5 Å². The highest BCUT2D eigenvalue weighted by Crippen LogP contribution is 2.25. The number of nitrogen functional groups attached to an aromatic ring is 1. The number of nitrogens with one attached hydrogen (secondary N) is 1. The van der Waals surface area contributed by atoms with E-state index in [9.17, 15) is 5.11 Å². The number of hydrogen-bond acceptors (Lipinski definition) is 6. The molecule has 0 saturated carbocycles. The Morgan fingerprint density at radius 3 is 2.86 bits per heavy atom. The molecule has 114 valence electrons. The van der Waals surface area contributed by atoms with Gasteiger partial charge in [-0.2, -0.15) is 4.98 Å². The SMILES string of the molecule is CCCCCC(C)(CO)Nc1nc(N)nc2cccnc12. The van der Waals surface area contributed by atoms with Gasteiger partial charge in [-0.25, -0.2) is 4.98 Å². The smallest absolute Gasteiger partial charge is 0.222 e. The number of pyridine rings is 1. The van der Waals surface area contributed by atoms with Gasteiger partial charge < -0.3 is 16.2 Å². The van der Waals surface area contributed by atoms with Crippen LogP contribution in [0.25, 0.3) is 11.0 Å². The number of hydrogen-bond donors (Lipinski definition) is 3. The monoisotopic (exact) mass is 289 g/mol. The molecule has 0 amide bonds. The third kappa shape index (κ3) is 3.78. The molecule has 1 unspecified atom stereocenters. The Labute approximate surface area is 124 Å². The molecular weight excluding hydrogens is 266 g/mol. The second-order valence-corrected chi connectivity index (χ2v) is 5.60. The van der Waals surface area contributed by atoms with E-state index in [0.29, 0.717) is 16.9 Å². The summed E-state index contributed by atoms with van der Waals surface area (Å²) in [6.45, 7) is 4.16. The van der Waals surface area contributed by atoms with Gasteiger partial charge in [-0.15, -0.1) is 0 Å². The molecule has 2 rings (SSSR count). The van der Waals surface area contributed by atoms with Gasteiger partial charge >= 0.3 is 0 Å². The Hall–Kier alpha value is -1.95. The zero-order chi connectivity index (χ0) is 15.3. The maximum absolute atomic E-state index is 9.73. The van der Waals surface area contributed by atoms with Crippen LogP contribution in [0.2, 0.25) is 0 Å². The molecule has 0 fully saturated rings. The van der Waals surface area contributed by atoms with Gasteiger partial charge in [0.15, 0.2) is 5.82 Å². The van der Waals surface area contributed by atoms with Crippen molar-refractivity contribution >= 4 is 22.8 Å². The van der Waals surface area contributed by atoms with Crippen LogP contribution in [-0.4, -0.2) is 32.2 Å². The summed E-state index contributed by atoms with van der Waals surface area (Å²) in [7, 11) is 0.